The van der Waals surface area contributed by atoms with Crippen molar-refractivity contribution in [2.24, 2.45) is 0 Å². The summed E-state index contributed by atoms with van der Waals surface area (Å²) in [5, 5.41) is 0. The number of nitrogens with zero attached hydrogens (tertiary/aromatic N) is 1. The highest BCUT2D eigenvalue weighted by atomic mass is 14.8. The van der Waals surface area contributed by atoms with Crippen LogP contribution in [0.15, 0.2) is 30.5 Å². The Hall–Kier alpha value is -1.83. The first kappa shape index (κ1) is 11.3. The average Bonchev–Trinajstić information content (AvgIpc) is 2.38. The molecule has 3 rings (SSSR count). The van der Waals surface area contributed by atoms with Gasteiger partial charge in [-0.15, -0.1) is 0 Å². The molecule has 0 fully saturated rings. The van der Waals surface area contributed by atoms with Crippen LogP contribution in [0, 0.1) is 6.92 Å². The largest absolute Gasteiger partial charge is 0.384 e. The van der Waals surface area contributed by atoms with Crippen molar-refractivity contribution in [2.75, 3.05) is 5.73 Å². The maximum Gasteiger partial charge on any atom is 0.123 e. The van der Waals surface area contributed by atoms with Crippen molar-refractivity contribution in [3.05, 3.63) is 47.2 Å². The van der Waals surface area contributed by atoms with E-state index in [4.69, 9.17) is 5.73 Å². The molecule has 2 aromatic rings. The van der Waals surface area contributed by atoms with E-state index < -0.39 is 0 Å². The number of nitrogen functional groups attached to an aromatic ring is 1. The molecule has 2 nitrogen and oxygen atoms in total. The molecule has 0 spiro atoms. The summed E-state index contributed by atoms with van der Waals surface area (Å²) in [6.07, 6.45) is 6.97. The van der Waals surface area contributed by atoms with Crippen LogP contribution in [-0.4, -0.2) is 4.98 Å². The monoisotopic (exact) mass is 238 g/mol. The lowest BCUT2D eigenvalue weighted by molar-refractivity contribution is 0.686. The van der Waals surface area contributed by atoms with Crippen LogP contribution in [0.2, 0.25) is 0 Å². The molecule has 1 aromatic carbocycles. The number of nitrogens with two attached hydrogens (primary N) is 1. The van der Waals surface area contributed by atoms with E-state index in [1.54, 1.807) is 0 Å². The summed E-state index contributed by atoms with van der Waals surface area (Å²) in [5.74, 6) is 0.592. The fourth-order valence-corrected chi connectivity index (χ4v) is 2.78. The second-order valence-electron chi connectivity index (χ2n) is 5.11. The first-order valence-electron chi connectivity index (χ1n) is 6.58. The molecule has 1 heterocycles. The van der Waals surface area contributed by atoms with E-state index in [2.05, 4.69) is 30.1 Å². The molecule has 1 aliphatic rings. The lowest BCUT2D eigenvalue weighted by Crippen LogP contribution is -2.02. The number of rotatable bonds is 1. The van der Waals surface area contributed by atoms with Crippen LogP contribution in [0.5, 0.6) is 0 Å². The van der Waals surface area contributed by atoms with Crippen LogP contribution in [0.25, 0.3) is 11.1 Å². The lowest BCUT2D eigenvalue weighted by atomic mass is 9.89. The molecule has 2 heteroatoms. The van der Waals surface area contributed by atoms with Gasteiger partial charge in [0.25, 0.3) is 0 Å². The van der Waals surface area contributed by atoms with E-state index in [0.717, 1.165) is 0 Å². The summed E-state index contributed by atoms with van der Waals surface area (Å²) in [7, 11) is 0. The highest BCUT2D eigenvalue weighted by Gasteiger charge is 2.11. The molecule has 0 saturated carbocycles. The van der Waals surface area contributed by atoms with E-state index in [1.165, 1.54) is 53.5 Å². The Bertz CT molecular complexity index is 588. The number of fused-ring (bicyclic) bond motifs is 1. The van der Waals surface area contributed by atoms with Gasteiger partial charge in [0.2, 0.25) is 0 Å². The van der Waals surface area contributed by atoms with E-state index in [0.29, 0.717) is 5.82 Å². The van der Waals surface area contributed by atoms with Crippen LogP contribution in [0.3, 0.4) is 0 Å². The maximum absolute atomic E-state index is 5.71. The fraction of sp³-hybridized carbons (Fsp3) is 0.312. The molecule has 1 aromatic heterocycles. The molecule has 0 unspecified atom stereocenters. The average molecular weight is 238 g/mol. The highest BCUT2D eigenvalue weighted by molar-refractivity contribution is 5.68. The van der Waals surface area contributed by atoms with Crippen LogP contribution < -0.4 is 5.73 Å². The van der Waals surface area contributed by atoms with Gasteiger partial charge in [-0.25, -0.2) is 4.98 Å². The maximum atomic E-state index is 5.71. The minimum atomic E-state index is 0.592. The van der Waals surface area contributed by atoms with Crippen LogP contribution in [0.4, 0.5) is 5.82 Å². The van der Waals surface area contributed by atoms with E-state index in [1.807, 2.05) is 12.3 Å². The molecular formula is C16H18N2. The molecule has 18 heavy (non-hydrogen) atoms. The van der Waals surface area contributed by atoms with E-state index in [9.17, 15) is 0 Å². The predicted octanol–water partition coefficient (Wildman–Crippen LogP) is 3.52. The molecule has 0 amide bonds. The van der Waals surface area contributed by atoms with Gasteiger partial charge >= 0.3 is 0 Å². The number of aryl methyl sites for hydroxylation is 3. The minimum absolute atomic E-state index is 0.592. The standard InChI is InChI=1S/C16H18N2/c1-11-8-16(17)18-10-15(11)14-7-6-12-4-2-3-5-13(12)9-14/h6-10H,2-5H2,1H3,(H2,17,18). The van der Waals surface area contributed by atoms with Crippen LogP contribution in [0.1, 0.15) is 29.5 Å². The number of pyridine rings is 1. The summed E-state index contributed by atoms with van der Waals surface area (Å²) in [5.41, 5.74) is 12.4. The Morgan fingerprint density at radius 2 is 1.83 bits per heavy atom. The zero-order valence-corrected chi connectivity index (χ0v) is 10.7. The smallest absolute Gasteiger partial charge is 0.123 e. The quantitative estimate of drug-likeness (QED) is 0.825. The third-order valence-corrected chi connectivity index (χ3v) is 3.79. The van der Waals surface area contributed by atoms with Gasteiger partial charge in [0, 0.05) is 11.8 Å². The Labute approximate surface area is 108 Å². The van der Waals surface area contributed by atoms with Gasteiger partial charge in [0.15, 0.2) is 0 Å². The van der Waals surface area contributed by atoms with Crippen molar-refractivity contribution in [1.29, 1.82) is 0 Å². The molecule has 2 N–H and O–H groups in total. The Kier molecular flexibility index (Phi) is 2.78. The van der Waals surface area contributed by atoms with Gasteiger partial charge in [-0.2, -0.15) is 0 Å². The number of benzene rings is 1. The summed E-state index contributed by atoms with van der Waals surface area (Å²) < 4.78 is 0. The van der Waals surface area contributed by atoms with Gasteiger partial charge in [-0.3, -0.25) is 0 Å². The summed E-state index contributed by atoms with van der Waals surface area (Å²) in [4.78, 5) is 4.21. The number of hydrogen-bond donors (Lipinski definition) is 1. The zero-order valence-electron chi connectivity index (χ0n) is 10.7. The molecule has 0 atom stereocenters. The first-order chi connectivity index (χ1) is 8.74. The van der Waals surface area contributed by atoms with Crippen LogP contribution in [-0.2, 0) is 12.8 Å². The molecule has 0 bridgehead atoms. The predicted molar refractivity (Wildman–Crippen MR) is 75.5 cm³/mol. The van der Waals surface area contributed by atoms with Crippen molar-refractivity contribution < 1.29 is 0 Å². The number of anilines is 1. The molecule has 0 radical (unpaired) electrons. The van der Waals surface area contributed by atoms with Gasteiger partial charge < -0.3 is 5.73 Å². The Morgan fingerprint density at radius 3 is 2.61 bits per heavy atom. The first-order valence-corrected chi connectivity index (χ1v) is 6.58. The minimum Gasteiger partial charge on any atom is -0.384 e. The van der Waals surface area contributed by atoms with Crippen molar-refractivity contribution in [3.8, 4) is 11.1 Å². The molecule has 92 valence electrons. The number of aromatic nitrogens is 1. The van der Waals surface area contributed by atoms with Crippen molar-refractivity contribution >= 4 is 5.82 Å². The zero-order chi connectivity index (χ0) is 12.5. The summed E-state index contributed by atoms with van der Waals surface area (Å²) >= 11 is 0. The molecule has 1 aliphatic carbocycles. The molecular weight excluding hydrogens is 220 g/mol. The second-order valence-corrected chi connectivity index (χ2v) is 5.11. The van der Waals surface area contributed by atoms with Gasteiger partial charge in [0.05, 0.1) is 0 Å². The van der Waals surface area contributed by atoms with E-state index in [-0.39, 0.29) is 0 Å². The van der Waals surface area contributed by atoms with Gasteiger partial charge in [-0.1, -0.05) is 18.2 Å². The summed E-state index contributed by atoms with van der Waals surface area (Å²) in [6.45, 7) is 2.09. The third-order valence-electron chi connectivity index (χ3n) is 3.79. The van der Waals surface area contributed by atoms with Crippen molar-refractivity contribution in [3.63, 3.8) is 0 Å². The van der Waals surface area contributed by atoms with Gasteiger partial charge in [-0.05, 0) is 60.9 Å². The lowest BCUT2D eigenvalue weighted by Gasteiger charge is -2.17. The summed E-state index contributed by atoms with van der Waals surface area (Å²) in [6, 6.07) is 8.76. The van der Waals surface area contributed by atoms with Crippen molar-refractivity contribution in [1.82, 2.24) is 4.98 Å². The van der Waals surface area contributed by atoms with E-state index >= 15 is 0 Å². The Morgan fingerprint density at radius 1 is 1.06 bits per heavy atom. The normalized spacial score (nSPS) is 14.3. The van der Waals surface area contributed by atoms with Crippen molar-refractivity contribution in [2.45, 2.75) is 32.6 Å². The number of hydrogen-bond acceptors (Lipinski definition) is 2. The Balaban J connectivity index is 2.06. The van der Waals surface area contributed by atoms with Gasteiger partial charge in [0.1, 0.15) is 5.82 Å². The topological polar surface area (TPSA) is 38.9 Å². The SMILES string of the molecule is Cc1cc(N)ncc1-c1ccc2c(c1)CCCC2. The fourth-order valence-electron chi connectivity index (χ4n) is 2.78. The highest BCUT2D eigenvalue weighted by Crippen LogP contribution is 2.29. The second kappa shape index (κ2) is 4.45. The molecule has 0 aliphatic heterocycles. The van der Waals surface area contributed by atoms with Crippen LogP contribution >= 0.6 is 0 Å². The third kappa shape index (κ3) is 1.99. The molecule has 0 saturated heterocycles.